The molecule has 1 aliphatic carbocycles. The Morgan fingerprint density at radius 1 is 1.27 bits per heavy atom. The van der Waals surface area contributed by atoms with Crippen molar-refractivity contribution in [1.82, 2.24) is 15.0 Å². The van der Waals surface area contributed by atoms with E-state index in [9.17, 15) is 0 Å². The second-order valence-corrected chi connectivity index (χ2v) is 4.36. The molecule has 2 rings (SSSR count). The van der Waals surface area contributed by atoms with Crippen LogP contribution >= 0.6 is 0 Å². The lowest BCUT2D eigenvalue weighted by Crippen LogP contribution is -2.13. The van der Waals surface area contributed by atoms with Gasteiger partial charge in [0.25, 0.3) is 0 Å². The molecular weight excluding hydrogens is 188 g/mol. The van der Waals surface area contributed by atoms with E-state index < -0.39 is 0 Å². The molecule has 1 aromatic rings. The third-order valence-corrected chi connectivity index (χ3v) is 3.31. The maximum Gasteiger partial charge on any atom is 0.145 e. The Morgan fingerprint density at radius 2 is 1.93 bits per heavy atom. The maximum absolute atomic E-state index is 6.03. The molecule has 0 radical (unpaired) electrons. The van der Waals surface area contributed by atoms with Gasteiger partial charge in [-0.1, -0.05) is 37.8 Å². The smallest absolute Gasteiger partial charge is 0.145 e. The van der Waals surface area contributed by atoms with Crippen LogP contribution in [0.2, 0.25) is 0 Å². The van der Waals surface area contributed by atoms with E-state index in [1.807, 2.05) is 4.68 Å². The van der Waals surface area contributed by atoms with Crippen molar-refractivity contribution in [3.05, 3.63) is 5.69 Å². The van der Waals surface area contributed by atoms with E-state index in [0.29, 0.717) is 6.04 Å². The lowest BCUT2D eigenvalue weighted by Gasteiger charge is -2.15. The number of hydrogen-bond acceptors (Lipinski definition) is 3. The molecule has 4 nitrogen and oxygen atoms in total. The van der Waals surface area contributed by atoms with Gasteiger partial charge in [-0.15, -0.1) is 5.10 Å². The van der Waals surface area contributed by atoms with E-state index in [1.54, 1.807) is 0 Å². The van der Waals surface area contributed by atoms with Gasteiger partial charge in [-0.2, -0.15) is 0 Å². The summed E-state index contributed by atoms with van der Waals surface area (Å²) in [6.45, 7) is 2.07. The number of rotatable bonds is 2. The Kier molecular flexibility index (Phi) is 3.23. The van der Waals surface area contributed by atoms with Crippen LogP contribution in [-0.2, 0) is 6.42 Å². The predicted molar refractivity (Wildman–Crippen MR) is 60.6 cm³/mol. The van der Waals surface area contributed by atoms with Gasteiger partial charge in [0.2, 0.25) is 0 Å². The molecule has 0 bridgehead atoms. The highest BCUT2D eigenvalue weighted by atomic mass is 15.5. The average Bonchev–Trinajstić information content (AvgIpc) is 2.49. The zero-order valence-corrected chi connectivity index (χ0v) is 9.45. The van der Waals surface area contributed by atoms with Crippen molar-refractivity contribution < 1.29 is 0 Å². The number of hydrogen-bond donors (Lipinski definition) is 1. The molecule has 0 amide bonds. The lowest BCUT2D eigenvalue weighted by atomic mass is 10.1. The molecule has 0 aliphatic heterocycles. The maximum atomic E-state index is 6.03. The van der Waals surface area contributed by atoms with Crippen LogP contribution in [0.25, 0.3) is 0 Å². The first kappa shape index (κ1) is 10.5. The van der Waals surface area contributed by atoms with E-state index >= 15 is 0 Å². The van der Waals surface area contributed by atoms with E-state index in [-0.39, 0.29) is 0 Å². The summed E-state index contributed by atoms with van der Waals surface area (Å²) in [5.41, 5.74) is 6.98. The van der Waals surface area contributed by atoms with Gasteiger partial charge in [0.05, 0.1) is 6.04 Å². The Hall–Kier alpha value is -1.06. The minimum absolute atomic E-state index is 0.486. The largest absolute Gasteiger partial charge is 0.382 e. The molecular formula is C11H20N4. The van der Waals surface area contributed by atoms with Crippen LogP contribution in [0.1, 0.15) is 57.2 Å². The van der Waals surface area contributed by atoms with E-state index in [1.165, 1.54) is 38.5 Å². The highest BCUT2D eigenvalue weighted by molar-refractivity contribution is 5.34. The molecule has 0 atom stereocenters. The van der Waals surface area contributed by atoms with Gasteiger partial charge in [0.15, 0.2) is 0 Å². The fraction of sp³-hybridized carbons (Fsp3) is 0.818. The normalized spacial score (nSPS) is 19.0. The molecule has 4 heteroatoms. The van der Waals surface area contributed by atoms with Gasteiger partial charge in [0.1, 0.15) is 11.5 Å². The molecule has 1 aliphatic rings. The molecule has 84 valence electrons. The van der Waals surface area contributed by atoms with Crippen LogP contribution in [0.3, 0.4) is 0 Å². The third-order valence-electron chi connectivity index (χ3n) is 3.31. The molecule has 0 aromatic carbocycles. The fourth-order valence-electron chi connectivity index (χ4n) is 2.36. The average molecular weight is 208 g/mol. The second-order valence-electron chi connectivity index (χ2n) is 4.36. The Bertz CT molecular complexity index is 310. The topological polar surface area (TPSA) is 56.7 Å². The number of nitrogens with two attached hydrogens (primary N) is 1. The Labute approximate surface area is 90.8 Å². The summed E-state index contributed by atoms with van der Waals surface area (Å²) in [4.78, 5) is 0. The van der Waals surface area contributed by atoms with Crippen molar-refractivity contribution in [2.24, 2.45) is 0 Å². The van der Waals surface area contributed by atoms with Crippen molar-refractivity contribution in [3.63, 3.8) is 0 Å². The molecule has 0 spiro atoms. The second kappa shape index (κ2) is 4.64. The van der Waals surface area contributed by atoms with Crippen molar-refractivity contribution >= 4 is 5.82 Å². The van der Waals surface area contributed by atoms with Crippen LogP contribution in [0.5, 0.6) is 0 Å². The molecule has 0 unspecified atom stereocenters. The number of anilines is 1. The van der Waals surface area contributed by atoms with Gasteiger partial charge in [0, 0.05) is 0 Å². The van der Waals surface area contributed by atoms with Gasteiger partial charge < -0.3 is 5.73 Å². The summed E-state index contributed by atoms with van der Waals surface area (Å²) in [5, 5.41) is 8.32. The summed E-state index contributed by atoms with van der Waals surface area (Å²) in [7, 11) is 0. The first-order valence-electron chi connectivity index (χ1n) is 6.02. The summed E-state index contributed by atoms with van der Waals surface area (Å²) in [6.07, 6.45) is 8.58. The summed E-state index contributed by atoms with van der Waals surface area (Å²) >= 11 is 0. The molecule has 15 heavy (non-hydrogen) atoms. The minimum Gasteiger partial charge on any atom is -0.382 e. The number of aryl methyl sites for hydroxylation is 1. The SMILES string of the molecule is CCc1nnn(C2CCCCCC2)c1N. The van der Waals surface area contributed by atoms with E-state index in [0.717, 1.165) is 17.9 Å². The molecule has 1 saturated carbocycles. The van der Waals surface area contributed by atoms with Gasteiger partial charge in [-0.3, -0.25) is 0 Å². The monoisotopic (exact) mass is 208 g/mol. The van der Waals surface area contributed by atoms with Crippen molar-refractivity contribution in [3.8, 4) is 0 Å². The molecule has 1 heterocycles. The summed E-state index contributed by atoms with van der Waals surface area (Å²) in [5.74, 6) is 0.782. The summed E-state index contributed by atoms with van der Waals surface area (Å²) < 4.78 is 1.95. The van der Waals surface area contributed by atoms with Crippen molar-refractivity contribution in [1.29, 1.82) is 0 Å². The minimum atomic E-state index is 0.486. The number of aromatic nitrogens is 3. The highest BCUT2D eigenvalue weighted by Gasteiger charge is 2.18. The Balaban J connectivity index is 2.16. The predicted octanol–water partition coefficient (Wildman–Crippen LogP) is 2.32. The van der Waals surface area contributed by atoms with Crippen molar-refractivity contribution in [2.75, 3.05) is 5.73 Å². The van der Waals surface area contributed by atoms with Gasteiger partial charge in [-0.25, -0.2) is 4.68 Å². The van der Waals surface area contributed by atoms with Crippen LogP contribution in [-0.4, -0.2) is 15.0 Å². The Morgan fingerprint density at radius 3 is 2.47 bits per heavy atom. The standard InChI is InChI=1S/C11H20N4/c1-2-10-11(12)15(14-13-10)9-7-5-3-4-6-8-9/h9H,2-8,12H2,1H3. The zero-order valence-electron chi connectivity index (χ0n) is 9.45. The zero-order chi connectivity index (χ0) is 10.7. The first-order valence-corrected chi connectivity index (χ1v) is 6.02. The summed E-state index contributed by atoms with van der Waals surface area (Å²) in [6, 6.07) is 0.486. The van der Waals surface area contributed by atoms with E-state index in [2.05, 4.69) is 17.2 Å². The van der Waals surface area contributed by atoms with Crippen molar-refractivity contribution in [2.45, 2.75) is 57.9 Å². The third kappa shape index (κ3) is 2.13. The number of nitrogens with zero attached hydrogens (tertiary/aromatic N) is 3. The quantitative estimate of drug-likeness (QED) is 0.759. The van der Waals surface area contributed by atoms with Crippen LogP contribution in [0.15, 0.2) is 0 Å². The molecule has 1 aromatic heterocycles. The first-order chi connectivity index (χ1) is 7.33. The lowest BCUT2D eigenvalue weighted by molar-refractivity contribution is 0.401. The molecule has 0 saturated heterocycles. The van der Waals surface area contributed by atoms with Gasteiger partial charge in [-0.05, 0) is 19.3 Å². The molecule has 1 fully saturated rings. The van der Waals surface area contributed by atoms with Crippen LogP contribution < -0.4 is 5.73 Å². The van der Waals surface area contributed by atoms with Gasteiger partial charge >= 0.3 is 0 Å². The highest BCUT2D eigenvalue weighted by Crippen LogP contribution is 2.28. The fourth-order valence-corrected chi connectivity index (χ4v) is 2.36. The number of nitrogen functional groups attached to an aromatic ring is 1. The molecule has 2 N–H and O–H groups in total. The van der Waals surface area contributed by atoms with E-state index in [4.69, 9.17) is 5.73 Å². The van der Waals surface area contributed by atoms with Crippen LogP contribution in [0.4, 0.5) is 5.82 Å². The van der Waals surface area contributed by atoms with Crippen LogP contribution in [0, 0.1) is 0 Å².